The van der Waals surface area contributed by atoms with Crippen molar-refractivity contribution in [2.45, 2.75) is 36.6 Å². The predicted octanol–water partition coefficient (Wildman–Crippen LogP) is 1.85. The van der Waals surface area contributed by atoms with Crippen LogP contribution in [0, 0.1) is 0 Å². The lowest BCUT2D eigenvalue weighted by atomic mass is 10.3. The second-order valence-corrected chi connectivity index (χ2v) is 7.38. The van der Waals surface area contributed by atoms with Gasteiger partial charge in [0, 0.05) is 19.6 Å². The largest absolute Gasteiger partial charge is 0.492 e. The Labute approximate surface area is 127 Å². The molecule has 0 atom stereocenters. The molecule has 0 saturated heterocycles. The van der Waals surface area contributed by atoms with Gasteiger partial charge in [0.25, 0.3) is 0 Å². The molecule has 0 unspecified atom stereocenters. The van der Waals surface area contributed by atoms with Gasteiger partial charge in [-0.05, 0) is 44.2 Å². The van der Waals surface area contributed by atoms with E-state index in [-0.39, 0.29) is 6.04 Å². The van der Waals surface area contributed by atoms with Crippen LogP contribution in [-0.2, 0) is 10.0 Å². The SMILES string of the molecule is CNCCOc1ccc(S(=O)(=O)N(C)C2CCCC2)cc1. The molecule has 0 spiro atoms. The molecule has 1 saturated carbocycles. The number of hydrogen-bond donors (Lipinski definition) is 1. The molecular formula is C15H24N2O3S. The third-order valence-corrected chi connectivity index (χ3v) is 5.88. The van der Waals surface area contributed by atoms with E-state index in [0.29, 0.717) is 17.3 Å². The quantitative estimate of drug-likeness (QED) is 0.781. The first-order valence-corrected chi connectivity index (χ1v) is 8.85. The molecule has 1 aromatic carbocycles. The van der Waals surface area contributed by atoms with Gasteiger partial charge >= 0.3 is 0 Å². The summed E-state index contributed by atoms with van der Waals surface area (Å²) in [5.41, 5.74) is 0. The van der Waals surface area contributed by atoms with E-state index in [1.54, 1.807) is 31.3 Å². The maximum Gasteiger partial charge on any atom is 0.243 e. The van der Waals surface area contributed by atoms with Crippen LogP contribution in [0.5, 0.6) is 5.75 Å². The minimum Gasteiger partial charge on any atom is -0.492 e. The first-order valence-electron chi connectivity index (χ1n) is 7.41. The van der Waals surface area contributed by atoms with Crippen LogP contribution < -0.4 is 10.1 Å². The summed E-state index contributed by atoms with van der Waals surface area (Å²) < 4.78 is 32.2. The molecule has 1 aliphatic rings. The van der Waals surface area contributed by atoms with E-state index in [4.69, 9.17) is 4.74 Å². The van der Waals surface area contributed by atoms with E-state index in [2.05, 4.69) is 5.32 Å². The summed E-state index contributed by atoms with van der Waals surface area (Å²) in [4.78, 5) is 0.331. The fourth-order valence-corrected chi connectivity index (χ4v) is 4.03. The number of sulfonamides is 1. The van der Waals surface area contributed by atoms with Crippen LogP contribution in [0.4, 0.5) is 0 Å². The smallest absolute Gasteiger partial charge is 0.243 e. The minimum absolute atomic E-state index is 0.140. The van der Waals surface area contributed by atoms with Gasteiger partial charge in [0.1, 0.15) is 12.4 Å². The van der Waals surface area contributed by atoms with Crippen molar-refractivity contribution in [3.8, 4) is 5.75 Å². The highest BCUT2D eigenvalue weighted by molar-refractivity contribution is 7.89. The molecule has 0 aromatic heterocycles. The molecule has 6 heteroatoms. The lowest BCUT2D eigenvalue weighted by molar-refractivity contribution is 0.318. The second kappa shape index (κ2) is 7.24. The molecule has 0 aliphatic heterocycles. The highest BCUT2D eigenvalue weighted by Crippen LogP contribution is 2.27. The first kappa shape index (κ1) is 16.3. The fourth-order valence-electron chi connectivity index (χ4n) is 2.61. The average Bonchev–Trinajstić information content (AvgIpc) is 3.01. The zero-order chi connectivity index (χ0) is 15.3. The summed E-state index contributed by atoms with van der Waals surface area (Å²) in [5, 5.41) is 2.99. The Bertz CT molecular complexity index is 537. The highest BCUT2D eigenvalue weighted by atomic mass is 32.2. The summed E-state index contributed by atoms with van der Waals surface area (Å²) in [5.74, 6) is 0.688. The normalized spacial score (nSPS) is 16.5. The number of ether oxygens (including phenoxy) is 1. The molecule has 1 fully saturated rings. The van der Waals surface area contributed by atoms with Crippen LogP contribution in [0.1, 0.15) is 25.7 Å². The monoisotopic (exact) mass is 312 g/mol. The Kier molecular flexibility index (Phi) is 5.61. The van der Waals surface area contributed by atoms with Crippen molar-refractivity contribution >= 4 is 10.0 Å². The zero-order valence-corrected chi connectivity index (χ0v) is 13.5. The van der Waals surface area contributed by atoms with Gasteiger partial charge < -0.3 is 10.1 Å². The van der Waals surface area contributed by atoms with Crippen molar-refractivity contribution in [2.24, 2.45) is 0 Å². The van der Waals surface area contributed by atoms with Gasteiger partial charge in [0.2, 0.25) is 10.0 Å². The number of hydrogen-bond acceptors (Lipinski definition) is 4. The number of rotatable bonds is 7. The van der Waals surface area contributed by atoms with Crippen molar-refractivity contribution in [1.82, 2.24) is 9.62 Å². The Balaban J connectivity index is 2.05. The topological polar surface area (TPSA) is 58.6 Å². The fraction of sp³-hybridized carbons (Fsp3) is 0.600. The number of nitrogens with one attached hydrogen (secondary N) is 1. The Morgan fingerprint density at radius 1 is 1.24 bits per heavy atom. The number of likely N-dealkylation sites (N-methyl/N-ethyl adjacent to an activating group) is 1. The highest BCUT2D eigenvalue weighted by Gasteiger charge is 2.29. The van der Waals surface area contributed by atoms with Gasteiger partial charge in [-0.3, -0.25) is 0 Å². The van der Waals surface area contributed by atoms with Crippen molar-refractivity contribution in [3.05, 3.63) is 24.3 Å². The Hall–Kier alpha value is -1.11. The minimum atomic E-state index is -3.40. The third kappa shape index (κ3) is 3.96. The summed E-state index contributed by atoms with van der Waals surface area (Å²) >= 11 is 0. The average molecular weight is 312 g/mol. The van der Waals surface area contributed by atoms with E-state index in [9.17, 15) is 8.42 Å². The summed E-state index contributed by atoms with van der Waals surface area (Å²) in [6, 6.07) is 6.81. The van der Waals surface area contributed by atoms with Gasteiger partial charge in [-0.1, -0.05) is 12.8 Å². The van der Waals surface area contributed by atoms with E-state index >= 15 is 0 Å². The molecule has 21 heavy (non-hydrogen) atoms. The molecule has 2 rings (SSSR count). The molecule has 0 heterocycles. The van der Waals surface area contributed by atoms with Crippen LogP contribution in [0.25, 0.3) is 0 Å². The van der Waals surface area contributed by atoms with Gasteiger partial charge in [-0.15, -0.1) is 0 Å². The van der Waals surface area contributed by atoms with Gasteiger partial charge in [0.05, 0.1) is 4.90 Å². The number of benzene rings is 1. The van der Waals surface area contributed by atoms with Gasteiger partial charge in [-0.25, -0.2) is 8.42 Å². The molecule has 5 nitrogen and oxygen atoms in total. The number of nitrogens with zero attached hydrogens (tertiary/aromatic N) is 1. The van der Waals surface area contributed by atoms with E-state index < -0.39 is 10.0 Å². The van der Waals surface area contributed by atoms with Crippen LogP contribution in [-0.4, -0.2) is 46.0 Å². The van der Waals surface area contributed by atoms with Crippen molar-refractivity contribution in [1.29, 1.82) is 0 Å². The van der Waals surface area contributed by atoms with Gasteiger partial charge in [0.15, 0.2) is 0 Å². The molecule has 0 radical (unpaired) electrons. The second-order valence-electron chi connectivity index (χ2n) is 5.38. The standard InChI is InChI=1S/C15H24N2O3S/c1-16-11-12-20-14-7-9-15(10-8-14)21(18,19)17(2)13-5-3-4-6-13/h7-10,13,16H,3-6,11-12H2,1-2H3. The predicted molar refractivity (Wildman–Crippen MR) is 83.1 cm³/mol. The van der Waals surface area contributed by atoms with Gasteiger partial charge in [-0.2, -0.15) is 4.31 Å². The lowest BCUT2D eigenvalue weighted by Crippen LogP contribution is -2.35. The van der Waals surface area contributed by atoms with Crippen LogP contribution in [0.15, 0.2) is 29.2 Å². The molecule has 1 aliphatic carbocycles. The van der Waals surface area contributed by atoms with Crippen molar-refractivity contribution in [3.63, 3.8) is 0 Å². The van der Waals surface area contributed by atoms with E-state index in [1.165, 1.54) is 4.31 Å². The van der Waals surface area contributed by atoms with Crippen molar-refractivity contribution < 1.29 is 13.2 Å². The lowest BCUT2D eigenvalue weighted by Gasteiger charge is -2.23. The van der Waals surface area contributed by atoms with Crippen molar-refractivity contribution in [2.75, 3.05) is 27.2 Å². The Morgan fingerprint density at radius 3 is 2.43 bits per heavy atom. The molecule has 0 amide bonds. The zero-order valence-electron chi connectivity index (χ0n) is 12.7. The summed E-state index contributed by atoms with van der Waals surface area (Å²) in [6.45, 7) is 1.31. The maximum atomic E-state index is 12.6. The van der Waals surface area contributed by atoms with Crippen LogP contribution >= 0.6 is 0 Å². The van der Waals surface area contributed by atoms with Crippen LogP contribution in [0.3, 0.4) is 0 Å². The maximum absolute atomic E-state index is 12.6. The van der Waals surface area contributed by atoms with E-state index in [1.807, 2.05) is 7.05 Å². The molecule has 1 N–H and O–H groups in total. The molecule has 0 bridgehead atoms. The van der Waals surface area contributed by atoms with Crippen LogP contribution in [0.2, 0.25) is 0 Å². The van der Waals surface area contributed by atoms with E-state index in [0.717, 1.165) is 32.2 Å². The molecular weight excluding hydrogens is 288 g/mol. The Morgan fingerprint density at radius 2 is 1.86 bits per heavy atom. The summed E-state index contributed by atoms with van der Waals surface area (Å²) in [6.07, 6.45) is 4.15. The first-order chi connectivity index (χ1) is 10.1. The molecule has 1 aromatic rings. The molecule has 118 valence electrons. The summed E-state index contributed by atoms with van der Waals surface area (Å²) in [7, 11) is 0.143. The third-order valence-electron chi connectivity index (χ3n) is 3.96.